The minimum Gasteiger partial charge on any atom is -0.379 e. The average molecular weight is 656 g/mol. The molecule has 9 heteroatoms. The summed E-state index contributed by atoms with van der Waals surface area (Å²) in [5.41, 5.74) is 0.615. The van der Waals surface area contributed by atoms with Crippen molar-refractivity contribution in [2.24, 2.45) is 0 Å². The molecule has 2 atom stereocenters. The van der Waals surface area contributed by atoms with E-state index in [2.05, 4.69) is 12.2 Å². The molecule has 0 spiro atoms. The molecule has 1 rings (SSSR count). The first-order valence-corrected chi connectivity index (χ1v) is 19.5. The minimum absolute atomic E-state index is 0.0551. The Morgan fingerprint density at radius 3 is 1.76 bits per heavy atom. The second kappa shape index (κ2) is 26.9. The number of benzene rings is 1. The standard InChI is InChI=1S/C36H67N2O6P/c1-5-6-7-8-9-10-11-12-13-14-15-16-17-18-19-20-21-25-29-42-33-35(44-45(40,41)43-30-28-38(2,3)4)31-37-32-36(39)34-26-23-22-24-27-34/h22-24,26-27,35,37H,5-21,25,28-33H2,1-4H3/p+1. The Morgan fingerprint density at radius 1 is 0.778 bits per heavy atom. The van der Waals surface area contributed by atoms with Crippen LogP contribution in [0.1, 0.15) is 133 Å². The predicted molar refractivity (Wildman–Crippen MR) is 187 cm³/mol. The van der Waals surface area contributed by atoms with Crippen LogP contribution in [0.5, 0.6) is 0 Å². The second-order valence-electron chi connectivity index (χ2n) is 13.5. The van der Waals surface area contributed by atoms with E-state index in [9.17, 15) is 14.3 Å². The molecule has 0 aliphatic carbocycles. The van der Waals surface area contributed by atoms with Crippen LogP contribution in [-0.4, -0.2) is 81.9 Å². The van der Waals surface area contributed by atoms with Crippen LogP contribution in [0.2, 0.25) is 0 Å². The number of carbonyl (C=O) groups excluding carboxylic acids is 1. The molecule has 0 heterocycles. The first-order chi connectivity index (χ1) is 21.6. The molecule has 0 radical (unpaired) electrons. The summed E-state index contributed by atoms with van der Waals surface area (Å²) in [5.74, 6) is -0.0551. The maximum atomic E-state index is 12.6. The van der Waals surface area contributed by atoms with Gasteiger partial charge in [-0.2, -0.15) is 0 Å². The molecule has 0 bridgehead atoms. The van der Waals surface area contributed by atoms with Gasteiger partial charge in [-0.3, -0.25) is 13.8 Å². The maximum Gasteiger partial charge on any atom is 0.472 e. The van der Waals surface area contributed by atoms with Crippen LogP contribution < -0.4 is 5.32 Å². The number of rotatable bonds is 32. The number of nitrogens with zero attached hydrogens (tertiary/aromatic N) is 1. The van der Waals surface area contributed by atoms with Gasteiger partial charge in [0.15, 0.2) is 5.78 Å². The number of hydrogen-bond donors (Lipinski definition) is 2. The number of likely N-dealkylation sites (N-methyl/N-ethyl adjacent to an activating group) is 1. The van der Waals surface area contributed by atoms with E-state index in [1.54, 1.807) is 12.1 Å². The molecule has 0 aliphatic rings. The second-order valence-corrected chi connectivity index (χ2v) is 15.0. The molecule has 0 aromatic heterocycles. The smallest absolute Gasteiger partial charge is 0.379 e. The van der Waals surface area contributed by atoms with Crippen molar-refractivity contribution in [3.8, 4) is 0 Å². The third-order valence-corrected chi connectivity index (χ3v) is 9.07. The number of phosphoric ester groups is 1. The van der Waals surface area contributed by atoms with E-state index in [1.807, 2.05) is 39.3 Å². The third kappa shape index (κ3) is 26.6. The topological polar surface area (TPSA) is 94.1 Å². The van der Waals surface area contributed by atoms with Crippen molar-refractivity contribution in [2.45, 2.75) is 129 Å². The van der Waals surface area contributed by atoms with Gasteiger partial charge in [-0.15, -0.1) is 0 Å². The highest BCUT2D eigenvalue weighted by Gasteiger charge is 2.28. The molecule has 1 aromatic rings. The fourth-order valence-electron chi connectivity index (χ4n) is 5.17. The van der Waals surface area contributed by atoms with Crippen LogP contribution in [0, 0.1) is 0 Å². The molecule has 0 saturated heterocycles. The van der Waals surface area contributed by atoms with Crippen LogP contribution in [0.4, 0.5) is 0 Å². The largest absolute Gasteiger partial charge is 0.472 e. The first-order valence-electron chi connectivity index (χ1n) is 18.0. The van der Waals surface area contributed by atoms with Crippen molar-refractivity contribution in [2.75, 3.05) is 60.6 Å². The van der Waals surface area contributed by atoms with Gasteiger partial charge in [0.05, 0.1) is 34.3 Å². The zero-order chi connectivity index (χ0) is 33.1. The van der Waals surface area contributed by atoms with E-state index in [1.165, 1.54) is 103 Å². The number of ketones is 1. The van der Waals surface area contributed by atoms with Crippen molar-refractivity contribution < 1.29 is 32.5 Å². The Morgan fingerprint density at radius 2 is 1.27 bits per heavy atom. The van der Waals surface area contributed by atoms with Crippen molar-refractivity contribution in [1.29, 1.82) is 0 Å². The number of quaternary nitrogens is 1. The molecule has 0 amide bonds. The Bertz CT molecular complexity index is 880. The zero-order valence-electron chi connectivity index (χ0n) is 29.3. The minimum atomic E-state index is -4.27. The third-order valence-electron chi connectivity index (χ3n) is 8.00. The van der Waals surface area contributed by atoms with Gasteiger partial charge in [0.2, 0.25) is 0 Å². The quantitative estimate of drug-likeness (QED) is 0.0347. The van der Waals surface area contributed by atoms with E-state index in [-0.39, 0.29) is 32.1 Å². The summed E-state index contributed by atoms with van der Waals surface area (Å²) in [4.78, 5) is 22.7. The Kier molecular flexibility index (Phi) is 25.0. The van der Waals surface area contributed by atoms with E-state index >= 15 is 0 Å². The van der Waals surface area contributed by atoms with Crippen molar-refractivity contribution in [3.05, 3.63) is 35.9 Å². The SMILES string of the molecule is CCCCCCCCCCCCCCCCCCCCOCC(CNCC(=O)c1ccccc1)OP(=O)(O)OCC[N+](C)(C)C. The number of Topliss-reactive ketones (excluding diaryl/α,β-unsaturated/α-hetero) is 1. The summed E-state index contributed by atoms with van der Waals surface area (Å²) in [6, 6.07) is 9.04. The Hall–Kier alpha value is -1.12. The number of phosphoric acid groups is 1. The lowest BCUT2D eigenvalue weighted by Crippen LogP contribution is -2.38. The molecule has 2 unspecified atom stereocenters. The van der Waals surface area contributed by atoms with Crippen LogP contribution in [-0.2, 0) is 18.3 Å². The fourth-order valence-corrected chi connectivity index (χ4v) is 6.05. The lowest BCUT2D eigenvalue weighted by atomic mass is 10.0. The van der Waals surface area contributed by atoms with Gasteiger partial charge in [-0.05, 0) is 6.42 Å². The zero-order valence-corrected chi connectivity index (χ0v) is 30.2. The van der Waals surface area contributed by atoms with Crippen LogP contribution >= 0.6 is 7.82 Å². The van der Waals surface area contributed by atoms with Gasteiger partial charge in [0, 0.05) is 18.7 Å². The highest BCUT2D eigenvalue weighted by Crippen LogP contribution is 2.44. The van der Waals surface area contributed by atoms with Gasteiger partial charge in [0.1, 0.15) is 19.3 Å². The highest BCUT2D eigenvalue weighted by molar-refractivity contribution is 7.47. The van der Waals surface area contributed by atoms with Crippen LogP contribution in [0.3, 0.4) is 0 Å². The molecule has 0 saturated carbocycles. The molecular weight excluding hydrogens is 587 g/mol. The van der Waals surface area contributed by atoms with Crippen LogP contribution in [0.25, 0.3) is 0 Å². The first kappa shape index (κ1) is 41.9. The summed E-state index contributed by atoms with van der Waals surface area (Å²) >= 11 is 0. The monoisotopic (exact) mass is 655 g/mol. The molecule has 0 aliphatic heterocycles. The van der Waals surface area contributed by atoms with Gasteiger partial charge in [-0.1, -0.05) is 146 Å². The van der Waals surface area contributed by atoms with Crippen molar-refractivity contribution in [3.63, 3.8) is 0 Å². The lowest BCUT2D eigenvalue weighted by Gasteiger charge is -2.25. The van der Waals surface area contributed by atoms with Crippen molar-refractivity contribution >= 4 is 13.6 Å². The number of ether oxygens (including phenoxy) is 1. The predicted octanol–water partition coefficient (Wildman–Crippen LogP) is 8.73. The average Bonchev–Trinajstić information content (AvgIpc) is 2.99. The summed E-state index contributed by atoms with van der Waals surface area (Å²) in [5, 5.41) is 3.05. The van der Waals surface area contributed by atoms with Gasteiger partial charge in [-0.25, -0.2) is 4.57 Å². The van der Waals surface area contributed by atoms with E-state index in [0.29, 0.717) is 23.2 Å². The molecular formula is C36H68N2O6P+. The highest BCUT2D eigenvalue weighted by atomic mass is 31.2. The molecule has 0 fully saturated rings. The number of carbonyl (C=O) groups is 1. The molecule has 45 heavy (non-hydrogen) atoms. The number of unbranched alkanes of at least 4 members (excludes halogenated alkanes) is 17. The van der Waals surface area contributed by atoms with Gasteiger partial charge >= 0.3 is 7.82 Å². The summed E-state index contributed by atoms with van der Waals surface area (Å²) in [6.07, 6.45) is 23.3. The number of nitrogens with one attached hydrogen (secondary N) is 1. The molecule has 2 N–H and O–H groups in total. The summed E-state index contributed by atoms with van der Waals surface area (Å²) < 4.78 is 29.7. The van der Waals surface area contributed by atoms with Gasteiger partial charge in [0.25, 0.3) is 0 Å². The number of hydrogen-bond acceptors (Lipinski definition) is 6. The summed E-state index contributed by atoms with van der Waals surface area (Å²) in [6.45, 7) is 3.96. The summed E-state index contributed by atoms with van der Waals surface area (Å²) in [7, 11) is 1.68. The Labute approximate surface area is 276 Å². The Balaban J connectivity index is 2.16. The van der Waals surface area contributed by atoms with Crippen molar-refractivity contribution in [1.82, 2.24) is 5.32 Å². The van der Waals surface area contributed by atoms with E-state index in [0.717, 1.165) is 12.8 Å². The molecule has 1 aromatic carbocycles. The van der Waals surface area contributed by atoms with Crippen LogP contribution in [0.15, 0.2) is 30.3 Å². The van der Waals surface area contributed by atoms with E-state index in [4.69, 9.17) is 13.8 Å². The molecule has 262 valence electrons. The molecule has 8 nitrogen and oxygen atoms in total. The van der Waals surface area contributed by atoms with Gasteiger partial charge < -0.3 is 19.4 Å². The van der Waals surface area contributed by atoms with E-state index < -0.39 is 13.9 Å². The fraction of sp³-hybridized carbons (Fsp3) is 0.806. The maximum absolute atomic E-state index is 12.6. The lowest BCUT2D eigenvalue weighted by molar-refractivity contribution is -0.870. The normalized spacial score (nSPS) is 14.0.